The van der Waals surface area contributed by atoms with Gasteiger partial charge in [0.1, 0.15) is 5.65 Å². The molecule has 7 nitrogen and oxygen atoms in total. The van der Waals surface area contributed by atoms with E-state index in [-0.39, 0.29) is 5.75 Å². The predicted molar refractivity (Wildman–Crippen MR) is 94.2 cm³/mol. The van der Waals surface area contributed by atoms with Crippen molar-refractivity contribution in [2.45, 2.75) is 0 Å². The smallest absolute Gasteiger partial charge is 0.213 e. The molecule has 0 aliphatic rings. The predicted octanol–water partition coefficient (Wildman–Crippen LogP) is 3.25. The topological polar surface area (TPSA) is 84.6 Å². The van der Waals surface area contributed by atoms with Gasteiger partial charge in [-0.25, -0.2) is 9.97 Å². The molecule has 0 saturated heterocycles. The third-order valence-corrected chi connectivity index (χ3v) is 3.78. The van der Waals surface area contributed by atoms with E-state index in [1.54, 1.807) is 30.7 Å². The quantitative estimate of drug-likeness (QED) is 0.596. The fourth-order valence-corrected chi connectivity index (χ4v) is 2.57. The minimum Gasteiger partial charge on any atom is -0.504 e. The molecule has 0 saturated carbocycles. The maximum Gasteiger partial charge on any atom is 0.213 e. The average molecular weight is 333 g/mol. The second-order valence-electron chi connectivity index (χ2n) is 5.37. The third kappa shape index (κ3) is 2.83. The zero-order valence-corrected chi connectivity index (χ0v) is 13.4. The van der Waals surface area contributed by atoms with Crippen molar-refractivity contribution in [1.82, 2.24) is 19.4 Å². The number of hydrogen-bond donors (Lipinski definition) is 2. The molecule has 124 valence electrons. The van der Waals surface area contributed by atoms with Crippen molar-refractivity contribution in [3.05, 3.63) is 61.2 Å². The Labute approximate surface area is 143 Å². The minimum atomic E-state index is 0.0618. The fraction of sp³-hybridized carbons (Fsp3) is 0.0556. The summed E-state index contributed by atoms with van der Waals surface area (Å²) in [5.41, 5.74) is 3.01. The molecule has 0 spiro atoms. The van der Waals surface area contributed by atoms with E-state index >= 15 is 0 Å². The zero-order valence-electron chi connectivity index (χ0n) is 13.4. The van der Waals surface area contributed by atoms with Gasteiger partial charge in [-0.05, 0) is 30.3 Å². The summed E-state index contributed by atoms with van der Waals surface area (Å²) in [7, 11) is 1.51. The zero-order chi connectivity index (χ0) is 17.2. The van der Waals surface area contributed by atoms with E-state index < -0.39 is 0 Å². The molecule has 7 heteroatoms. The van der Waals surface area contributed by atoms with Gasteiger partial charge >= 0.3 is 0 Å². The number of fused-ring (bicyclic) bond motifs is 1. The molecule has 0 radical (unpaired) electrons. The van der Waals surface area contributed by atoms with Gasteiger partial charge in [0.25, 0.3) is 0 Å². The fourth-order valence-electron chi connectivity index (χ4n) is 2.57. The van der Waals surface area contributed by atoms with Crippen LogP contribution in [0.1, 0.15) is 0 Å². The summed E-state index contributed by atoms with van der Waals surface area (Å²) >= 11 is 0. The Morgan fingerprint density at radius 1 is 1.16 bits per heavy atom. The molecule has 4 rings (SSSR count). The highest BCUT2D eigenvalue weighted by Gasteiger charge is 2.11. The summed E-state index contributed by atoms with van der Waals surface area (Å²) in [6.07, 6.45) is 6.97. The molecule has 2 N–H and O–H groups in total. The first-order valence-electron chi connectivity index (χ1n) is 7.63. The lowest BCUT2D eigenvalue weighted by atomic mass is 10.1. The van der Waals surface area contributed by atoms with Crippen LogP contribution < -0.4 is 10.1 Å². The normalized spacial score (nSPS) is 10.8. The number of benzene rings is 1. The number of rotatable bonds is 4. The molecular weight excluding hydrogens is 318 g/mol. The van der Waals surface area contributed by atoms with Crippen LogP contribution in [0.3, 0.4) is 0 Å². The Morgan fingerprint density at radius 2 is 2.08 bits per heavy atom. The van der Waals surface area contributed by atoms with Gasteiger partial charge in [0.15, 0.2) is 11.5 Å². The molecule has 0 bridgehead atoms. The molecule has 0 fully saturated rings. The summed E-state index contributed by atoms with van der Waals surface area (Å²) in [6, 6.07) is 10.8. The lowest BCUT2D eigenvalue weighted by Gasteiger charge is -2.11. The Bertz CT molecular complexity index is 1030. The molecule has 0 unspecified atom stereocenters. The van der Waals surface area contributed by atoms with Crippen LogP contribution in [0.4, 0.5) is 11.6 Å². The number of nitrogens with zero attached hydrogens (tertiary/aromatic N) is 4. The maximum atomic E-state index is 10.0. The molecular formula is C18H15N5O2. The highest BCUT2D eigenvalue weighted by molar-refractivity contribution is 5.69. The van der Waals surface area contributed by atoms with E-state index in [1.165, 1.54) is 7.11 Å². The molecule has 0 atom stereocenters. The first-order valence-corrected chi connectivity index (χ1v) is 7.63. The van der Waals surface area contributed by atoms with Gasteiger partial charge in [-0.2, -0.15) is 0 Å². The Kier molecular flexibility index (Phi) is 3.66. The van der Waals surface area contributed by atoms with Crippen LogP contribution in [0.5, 0.6) is 11.5 Å². The molecule has 0 aliphatic carbocycles. The van der Waals surface area contributed by atoms with E-state index in [9.17, 15) is 5.11 Å². The van der Waals surface area contributed by atoms with Crippen LogP contribution in [0.15, 0.2) is 61.2 Å². The maximum absolute atomic E-state index is 10.0. The van der Waals surface area contributed by atoms with Crippen LogP contribution in [0.25, 0.3) is 16.9 Å². The van der Waals surface area contributed by atoms with Crippen LogP contribution in [0.2, 0.25) is 0 Å². The third-order valence-electron chi connectivity index (χ3n) is 3.78. The van der Waals surface area contributed by atoms with E-state index in [0.717, 1.165) is 16.9 Å². The van der Waals surface area contributed by atoms with Gasteiger partial charge in [0.05, 0.1) is 24.7 Å². The Morgan fingerprint density at radius 3 is 2.84 bits per heavy atom. The van der Waals surface area contributed by atoms with Crippen molar-refractivity contribution in [2.24, 2.45) is 0 Å². The number of nitrogens with one attached hydrogen (secondary N) is 1. The van der Waals surface area contributed by atoms with Crippen LogP contribution in [-0.4, -0.2) is 31.6 Å². The number of pyridine rings is 1. The van der Waals surface area contributed by atoms with Crippen molar-refractivity contribution >= 4 is 17.3 Å². The number of phenolic OH excluding ortho intramolecular Hbond substituents is 1. The number of aromatic nitrogens is 4. The molecule has 25 heavy (non-hydrogen) atoms. The second-order valence-corrected chi connectivity index (χ2v) is 5.37. The number of aromatic hydroxyl groups is 1. The Hall–Kier alpha value is -3.61. The minimum absolute atomic E-state index is 0.0618. The summed E-state index contributed by atoms with van der Waals surface area (Å²) < 4.78 is 6.94. The largest absolute Gasteiger partial charge is 0.504 e. The van der Waals surface area contributed by atoms with Gasteiger partial charge in [-0.3, -0.25) is 9.38 Å². The summed E-state index contributed by atoms with van der Waals surface area (Å²) in [5, 5.41) is 13.3. The average Bonchev–Trinajstić information content (AvgIpc) is 3.11. The van der Waals surface area contributed by atoms with E-state index in [4.69, 9.17) is 4.74 Å². The number of phenols is 1. The number of ether oxygens (including phenoxy) is 1. The second kappa shape index (κ2) is 6.12. The molecule has 3 aromatic heterocycles. The van der Waals surface area contributed by atoms with E-state index in [2.05, 4.69) is 20.3 Å². The van der Waals surface area contributed by atoms with Crippen LogP contribution >= 0.6 is 0 Å². The monoisotopic (exact) mass is 333 g/mol. The van der Waals surface area contributed by atoms with Crippen LogP contribution in [-0.2, 0) is 0 Å². The number of anilines is 2. The molecule has 1 aromatic carbocycles. The first kappa shape index (κ1) is 14.9. The van der Waals surface area contributed by atoms with E-state index in [0.29, 0.717) is 17.4 Å². The lowest BCUT2D eigenvalue weighted by Crippen LogP contribution is -2.02. The van der Waals surface area contributed by atoms with Gasteiger partial charge in [-0.1, -0.05) is 0 Å². The molecule has 0 aliphatic heterocycles. The van der Waals surface area contributed by atoms with E-state index in [1.807, 2.05) is 34.9 Å². The van der Waals surface area contributed by atoms with Gasteiger partial charge < -0.3 is 15.2 Å². The lowest BCUT2D eigenvalue weighted by molar-refractivity contribution is 0.373. The summed E-state index contributed by atoms with van der Waals surface area (Å²) in [6.45, 7) is 0. The highest BCUT2D eigenvalue weighted by atomic mass is 16.5. The van der Waals surface area contributed by atoms with Crippen molar-refractivity contribution in [3.63, 3.8) is 0 Å². The first-order chi connectivity index (χ1) is 12.2. The van der Waals surface area contributed by atoms with Crippen molar-refractivity contribution in [1.29, 1.82) is 0 Å². The van der Waals surface area contributed by atoms with Gasteiger partial charge in [-0.15, -0.1) is 0 Å². The van der Waals surface area contributed by atoms with Crippen molar-refractivity contribution in [2.75, 3.05) is 12.4 Å². The summed E-state index contributed by atoms with van der Waals surface area (Å²) in [5.74, 6) is 1.08. The van der Waals surface area contributed by atoms with Crippen molar-refractivity contribution in [3.8, 4) is 22.8 Å². The number of hydrogen-bond acceptors (Lipinski definition) is 6. The number of methoxy groups -OCH3 is 1. The SMILES string of the molecule is COc1ccc(-c2cc3nccn3c(Nc3cccnc3)n2)cc1O. The van der Waals surface area contributed by atoms with Gasteiger partial charge in [0, 0.05) is 30.2 Å². The molecule has 4 aromatic rings. The molecule has 3 heterocycles. The van der Waals surface area contributed by atoms with Crippen molar-refractivity contribution < 1.29 is 9.84 Å². The van der Waals surface area contributed by atoms with Crippen LogP contribution in [0, 0.1) is 0 Å². The Balaban J connectivity index is 1.81. The standard InChI is InChI=1S/C18H15N5O2/c1-25-16-5-4-12(9-15(16)24)14-10-17-20-7-8-23(17)18(22-14)21-13-3-2-6-19-11-13/h2-11,24H,1H3,(H,21,22). The highest BCUT2D eigenvalue weighted by Crippen LogP contribution is 2.31. The summed E-state index contributed by atoms with van der Waals surface area (Å²) in [4.78, 5) is 13.1. The number of imidazole rings is 1. The van der Waals surface area contributed by atoms with Gasteiger partial charge in [0.2, 0.25) is 5.95 Å². The molecule has 0 amide bonds.